The first-order valence-corrected chi connectivity index (χ1v) is 8.64. The average Bonchev–Trinajstić information content (AvgIpc) is 3.04. The summed E-state index contributed by atoms with van der Waals surface area (Å²) in [6.45, 7) is 6.35. The zero-order chi connectivity index (χ0) is 15.4. The number of hydrogen-bond acceptors (Lipinski definition) is 4. The quantitative estimate of drug-likeness (QED) is 0.870. The van der Waals surface area contributed by atoms with Crippen LogP contribution >= 0.6 is 11.3 Å². The van der Waals surface area contributed by atoms with Crippen LogP contribution in [0.2, 0.25) is 0 Å². The fourth-order valence-electron chi connectivity index (χ4n) is 2.70. The van der Waals surface area contributed by atoms with Crippen LogP contribution in [0.3, 0.4) is 0 Å². The summed E-state index contributed by atoms with van der Waals surface area (Å²) in [6, 6.07) is 10.3. The summed E-state index contributed by atoms with van der Waals surface area (Å²) in [4.78, 5) is 20.8. The molecule has 0 N–H and O–H groups in total. The van der Waals surface area contributed by atoms with Crippen LogP contribution in [-0.2, 0) is 11.3 Å². The van der Waals surface area contributed by atoms with Gasteiger partial charge in [0.25, 0.3) is 0 Å². The smallest absolute Gasteiger partial charge is 0.222 e. The number of carbonyl (C=O) groups excluding carboxylic acids is 1. The summed E-state index contributed by atoms with van der Waals surface area (Å²) in [5.74, 6) is 0.264. The number of piperazine rings is 1. The van der Waals surface area contributed by atoms with Gasteiger partial charge in [-0.3, -0.25) is 9.69 Å². The molecule has 1 fully saturated rings. The lowest BCUT2D eigenvalue weighted by Crippen LogP contribution is -2.48. The van der Waals surface area contributed by atoms with E-state index in [1.54, 1.807) is 11.3 Å². The second-order valence-electron chi connectivity index (χ2n) is 5.50. The van der Waals surface area contributed by atoms with Gasteiger partial charge in [-0.2, -0.15) is 0 Å². The largest absolute Gasteiger partial charge is 0.340 e. The molecule has 2 aromatic rings. The minimum absolute atomic E-state index is 0.264. The van der Waals surface area contributed by atoms with E-state index < -0.39 is 0 Å². The number of amides is 1. The van der Waals surface area contributed by atoms with Gasteiger partial charge in [0.2, 0.25) is 5.91 Å². The third-order valence-electron chi connectivity index (χ3n) is 4.01. The lowest BCUT2D eigenvalue weighted by molar-refractivity contribution is -0.132. The minimum atomic E-state index is 0.264. The molecule has 116 valence electrons. The van der Waals surface area contributed by atoms with Gasteiger partial charge in [0.15, 0.2) is 0 Å². The molecule has 1 saturated heterocycles. The predicted octanol–water partition coefficient (Wildman–Crippen LogP) is 2.86. The number of benzene rings is 1. The first-order valence-electron chi connectivity index (χ1n) is 7.76. The van der Waals surface area contributed by atoms with E-state index in [1.165, 1.54) is 5.56 Å². The van der Waals surface area contributed by atoms with Crippen molar-refractivity contribution in [3.05, 3.63) is 40.7 Å². The first kappa shape index (κ1) is 15.2. The molecule has 1 aromatic heterocycles. The van der Waals surface area contributed by atoms with E-state index in [9.17, 15) is 4.79 Å². The monoisotopic (exact) mass is 315 g/mol. The maximum atomic E-state index is 11.7. The van der Waals surface area contributed by atoms with Crippen LogP contribution in [0.1, 0.15) is 18.4 Å². The second-order valence-corrected chi connectivity index (χ2v) is 6.45. The number of thiazole rings is 1. The van der Waals surface area contributed by atoms with Crippen LogP contribution in [-0.4, -0.2) is 46.9 Å². The Labute approximate surface area is 135 Å². The molecule has 4 nitrogen and oxygen atoms in total. The Morgan fingerprint density at radius 1 is 1.18 bits per heavy atom. The lowest BCUT2D eigenvalue weighted by Gasteiger charge is -2.34. The maximum Gasteiger partial charge on any atom is 0.222 e. The van der Waals surface area contributed by atoms with Gasteiger partial charge in [0.05, 0.1) is 12.2 Å². The normalized spacial score (nSPS) is 16.0. The van der Waals surface area contributed by atoms with E-state index in [4.69, 9.17) is 4.98 Å². The van der Waals surface area contributed by atoms with Crippen LogP contribution < -0.4 is 0 Å². The summed E-state index contributed by atoms with van der Waals surface area (Å²) >= 11 is 1.72. The fourth-order valence-corrected chi connectivity index (χ4v) is 3.54. The highest BCUT2D eigenvalue weighted by atomic mass is 32.1. The molecule has 0 aliphatic carbocycles. The minimum Gasteiger partial charge on any atom is -0.340 e. The summed E-state index contributed by atoms with van der Waals surface area (Å²) in [6.07, 6.45) is 0.604. The number of hydrogen-bond donors (Lipinski definition) is 0. The van der Waals surface area contributed by atoms with Crippen LogP contribution in [0, 0.1) is 0 Å². The molecule has 5 heteroatoms. The Hall–Kier alpha value is -1.72. The molecule has 1 aliphatic rings. The van der Waals surface area contributed by atoms with Crippen molar-refractivity contribution in [3.63, 3.8) is 0 Å². The lowest BCUT2D eigenvalue weighted by atomic mass is 10.2. The molecule has 0 unspecified atom stereocenters. The van der Waals surface area contributed by atoms with Gasteiger partial charge in [-0.25, -0.2) is 4.98 Å². The molecule has 22 heavy (non-hydrogen) atoms. The van der Waals surface area contributed by atoms with Gasteiger partial charge < -0.3 is 4.90 Å². The molecule has 2 heterocycles. The summed E-state index contributed by atoms with van der Waals surface area (Å²) in [5.41, 5.74) is 2.23. The van der Waals surface area contributed by atoms with Crippen LogP contribution in [0.4, 0.5) is 0 Å². The summed E-state index contributed by atoms with van der Waals surface area (Å²) in [7, 11) is 0. The van der Waals surface area contributed by atoms with Crippen LogP contribution in [0.25, 0.3) is 11.3 Å². The Bertz CT molecular complexity index is 618. The van der Waals surface area contributed by atoms with Crippen LogP contribution in [0.15, 0.2) is 35.7 Å². The van der Waals surface area contributed by atoms with Crippen molar-refractivity contribution >= 4 is 17.2 Å². The van der Waals surface area contributed by atoms with Gasteiger partial charge >= 0.3 is 0 Å². The van der Waals surface area contributed by atoms with E-state index in [-0.39, 0.29) is 5.91 Å². The Balaban J connectivity index is 1.57. The van der Waals surface area contributed by atoms with Crippen molar-refractivity contribution in [2.24, 2.45) is 0 Å². The topological polar surface area (TPSA) is 36.4 Å². The molecule has 0 bridgehead atoms. The standard InChI is InChI=1S/C17H21N3OS/c1-2-17(21)20-10-8-19(9-11-20)12-16-18-15(13-22-16)14-6-4-3-5-7-14/h3-7,13H,2,8-12H2,1H3. The highest BCUT2D eigenvalue weighted by Gasteiger charge is 2.20. The molecule has 3 rings (SSSR count). The highest BCUT2D eigenvalue weighted by Crippen LogP contribution is 2.22. The fraction of sp³-hybridized carbons (Fsp3) is 0.412. The van der Waals surface area contributed by atoms with E-state index in [0.29, 0.717) is 6.42 Å². The summed E-state index contributed by atoms with van der Waals surface area (Å²) in [5, 5.41) is 3.27. The molecule has 0 spiro atoms. The average molecular weight is 315 g/mol. The second kappa shape index (κ2) is 7.03. The van der Waals surface area contributed by atoms with Gasteiger partial charge in [-0.05, 0) is 0 Å². The SMILES string of the molecule is CCC(=O)N1CCN(Cc2nc(-c3ccccc3)cs2)CC1. The van der Waals surface area contributed by atoms with E-state index in [0.717, 1.165) is 43.4 Å². The number of rotatable bonds is 4. The maximum absolute atomic E-state index is 11.7. The molecular formula is C17H21N3OS. The number of nitrogens with zero attached hydrogens (tertiary/aromatic N) is 3. The van der Waals surface area contributed by atoms with E-state index in [2.05, 4.69) is 22.4 Å². The van der Waals surface area contributed by atoms with Crippen LogP contribution in [0.5, 0.6) is 0 Å². The molecule has 0 atom stereocenters. The molecule has 1 amide bonds. The molecular weight excluding hydrogens is 294 g/mol. The van der Waals surface area contributed by atoms with Gasteiger partial charge in [0, 0.05) is 43.5 Å². The van der Waals surface area contributed by atoms with Gasteiger partial charge in [0.1, 0.15) is 5.01 Å². The number of aromatic nitrogens is 1. The van der Waals surface area contributed by atoms with E-state index in [1.807, 2.05) is 30.0 Å². The van der Waals surface area contributed by atoms with Gasteiger partial charge in [-0.1, -0.05) is 37.3 Å². The third-order valence-corrected chi connectivity index (χ3v) is 4.84. The molecule has 1 aliphatic heterocycles. The van der Waals surface area contributed by atoms with Crippen molar-refractivity contribution in [2.75, 3.05) is 26.2 Å². The third kappa shape index (κ3) is 3.54. The van der Waals surface area contributed by atoms with Crippen molar-refractivity contribution in [3.8, 4) is 11.3 Å². The first-order chi connectivity index (χ1) is 10.8. The van der Waals surface area contributed by atoms with E-state index >= 15 is 0 Å². The Morgan fingerprint density at radius 2 is 1.91 bits per heavy atom. The predicted molar refractivity (Wildman–Crippen MR) is 89.7 cm³/mol. The summed E-state index contributed by atoms with van der Waals surface area (Å²) < 4.78 is 0. The zero-order valence-electron chi connectivity index (χ0n) is 12.9. The molecule has 1 aromatic carbocycles. The Kier molecular flexibility index (Phi) is 4.85. The Morgan fingerprint density at radius 3 is 2.59 bits per heavy atom. The molecule has 0 radical (unpaired) electrons. The van der Waals surface area contributed by atoms with Crippen molar-refractivity contribution < 1.29 is 4.79 Å². The van der Waals surface area contributed by atoms with Gasteiger partial charge in [-0.15, -0.1) is 11.3 Å². The zero-order valence-corrected chi connectivity index (χ0v) is 13.7. The number of carbonyl (C=O) groups is 1. The van der Waals surface area contributed by atoms with Crippen molar-refractivity contribution in [1.29, 1.82) is 0 Å². The van der Waals surface area contributed by atoms with Crippen molar-refractivity contribution in [2.45, 2.75) is 19.9 Å². The molecule has 0 saturated carbocycles. The highest BCUT2D eigenvalue weighted by molar-refractivity contribution is 7.09. The van der Waals surface area contributed by atoms with Crippen molar-refractivity contribution in [1.82, 2.24) is 14.8 Å².